The molecule has 2 aliphatic heterocycles. The second-order valence-corrected chi connectivity index (χ2v) is 7.55. The van der Waals surface area contributed by atoms with Crippen molar-refractivity contribution < 1.29 is 27.4 Å². The van der Waals surface area contributed by atoms with Crippen LogP contribution in [0.5, 0.6) is 5.75 Å². The maximum atomic E-state index is 13.9. The Morgan fingerprint density at radius 3 is 2.36 bits per heavy atom. The monoisotopic (exact) mass is 336 g/mol. The van der Waals surface area contributed by atoms with Crippen LogP contribution in [0.4, 0.5) is 17.6 Å². The Hall–Kier alpha value is -0.950. The first kappa shape index (κ1) is 15.9. The maximum absolute atomic E-state index is 13.9. The van der Waals surface area contributed by atoms with E-state index >= 15 is 0 Å². The normalized spacial score (nSPS) is 31.9. The predicted octanol–water partition coefficient (Wildman–Crippen LogP) is 4.36. The second kappa shape index (κ2) is 5.60. The van der Waals surface area contributed by atoms with Crippen LogP contribution in [0.15, 0.2) is 18.2 Å². The maximum Gasteiger partial charge on any atom is 0.573 e. The van der Waals surface area contributed by atoms with Gasteiger partial charge in [0.25, 0.3) is 0 Å². The fourth-order valence-corrected chi connectivity index (χ4v) is 5.25. The third kappa shape index (κ3) is 3.35. The molecule has 2 bridgehead atoms. The summed E-state index contributed by atoms with van der Waals surface area (Å²) >= 11 is 1.86. The quantitative estimate of drug-likeness (QED) is 0.814. The summed E-state index contributed by atoms with van der Waals surface area (Å²) in [7, 11) is 0. The number of thioether (sulfide) groups is 1. The molecule has 2 nitrogen and oxygen atoms in total. The highest BCUT2D eigenvalue weighted by Crippen LogP contribution is 2.49. The molecule has 2 aliphatic rings. The standard InChI is InChI=1S/C15H16F4O2S/c16-12-6-9(4-5-13(12)21-15(17,18)19)14(20)7-10-2-1-3-11(8-14)22-10/h4-6,10-11,20H,1-3,7-8H2. The van der Waals surface area contributed by atoms with Gasteiger partial charge in [-0.25, -0.2) is 4.39 Å². The lowest BCUT2D eigenvalue weighted by atomic mass is 9.80. The second-order valence-electron chi connectivity index (χ2n) is 5.94. The van der Waals surface area contributed by atoms with Gasteiger partial charge in [0.05, 0.1) is 5.60 Å². The van der Waals surface area contributed by atoms with Gasteiger partial charge in [-0.1, -0.05) is 12.5 Å². The van der Waals surface area contributed by atoms with Gasteiger partial charge >= 0.3 is 6.36 Å². The van der Waals surface area contributed by atoms with E-state index in [2.05, 4.69) is 4.74 Å². The highest BCUT2D eigenvalue weighted by molar-refractivity contribution is 8.00. The molecule has 3 rings (SSSR count). The number of aliphatic hydroxyl groups is 1. The van der Waals surface area contributed by atoms with E-state index in [0.29, 0.717) is 28.9 Å². The van der Waals surface area contributed by atoms with Crippen LogP contribution < -0.4 is 4.74 Å². The Bertz CT molecular complexity index is 549. The minimum Gasteiger partial charge on any atom is -0.403 e. The Kier molecular flexibility index (Phi) is 4.05. The molecule has 1 aromatic carbocycles. The average molecular weight is 336 g/mol. The topological polar surface area (TPSA) is 29.5 Å². The summed E-state index contributed by atoms with van der Waals surface area (Å²) in [6.07, 6.45) is -0.758. The van der Waals surface area contributed by atoms with Gasteiger partial charge in [0, 0.05) is 10.5 Å². The first-order valence-corrected chi connectivity index (χ1v) is 8.13. The van der Waals surface area contributed by atoms with Gasteiger partial charge in [0.1, 0.15) is 0 Å². The molecular formula is C15H16F4O2S. The Morgan fingerprint density at radius 2 is 1.82 bits per heavy atom. The summed E-state index contributed by atoms with van der Waals surface area (Å²) in [5.74, 6) is -1.98. The van der Waals surface area contributed by atoms with E-state index in [4.69, 9.17) is 0 Å². The molecule has 0 amide bonds. The van der Waals surface area contributed by atoms with Gasteiger partial charge in [0.2, 0.25) is 0 Å². The minimum atomic E-state index is -4.93. The van der Waals surface area contributed by atoms with Gasteiger partial charge in [-0.2, -0.15) is 11.8 Å². The van der Waals surface area contributed by atoms with Crippen molar-refractivity contribution in [2.75, 3.05) is 0 Å². The summed E-state index contributed by atoms with van der Waals surface area (Å²) in [5.41, 5.74) is -0.838. The van der Waals surface area contributed by atoms with Gasteiger partial charge in [0.15, 0.2) is 11.6 Å². The van der Waals surface area contributed by atoms with Crippen molar-refractivity contribution >= 4 is 11.8 Å². The van der Waals surface area contributed by atoms with Crippen molar-refractivity contribution in [1.82, 2.24) is 0 Å². The fraction of sp³-hybridized carbons (Fsp3) is 0.600. The summed E-state index contributed by atoms with van der Waals surface area (Å²) in [5, 5.41) is 11.5. The molecule has 7 heteroatoms. The molecule has 0 radical (unpaired) electrons. The molecule has 2 saturated heterocycles. The van der Waals surface area contributed by atoms with Crippen LogP contribution in [-0.2, 0) is 5.60 Å². The van der Waals surface area contributed by atoms with Crippen molar-refractivity contribution in [3.63, 3.8) is 0 Å². The summed E-state index contributed by atoms with van der Waals surface area (Å²) in [4.78, 5) is 0. The van der Waals surface area contributed by atoms with Gasteiger partial charge in [-0.3, -0.25) is 0 Å². The van der Waals surface area contributed by atoms with E-state index in [9.17, 15) is 22.7 Å². The molecule has 22 heavy (non-hydrogen) atoms. The number of rotatable bonds is 2. The zero-order valence-corrected chi connectivity index (χ0v) is 12.5. The number of halogens is 4. The molecule has 1 N–H and O–H groups in total. The van der Waals surface area contributed by atoms with Crippen molar-refractivity contribution in [1.29, 1.82) is 0 Å². The van der Waals surface area contributed by atoms with Gasteiger partial charge in [-0.05, 0) is 43.4 Å². The third-order valence-corrected chi connectivity index (χ3v) is 5.84. The van der Waals surface area contributed by atoms with Crippen LogP contribution in [-0.4, -0.2) is 22.0 Å². The number of hydrogen-bond acceptors (Lipinski definition) is 3. The lowest BCUT2D eigenvalue weighted by Crippen LogP contribution is -2.40. The number of benzene rings is 1. The molecule has 1 aromatic rings. The van der Waals surface area contributed by atoms with Crippen molar-refractivity contribution in [3.05, 3.63) is 29.6 Å². The lowest BCUT2D eigenvalue weighted by molar-refractivity contribution is -0.275. The highest BCUT2D eigenvalue weighted by atomic mass is 32.2. The molecule has 0 saturated carbocycles. The molecule has 0 spiro atoms. The first-order chi connectivity index (χ1) is 10.3. The van der Waals surface area contributed by atoms with Crippen LogP contribution in [0.3, 0.4) is 0 Å². The summed E-state index contributed by atoms with van der Waals surface area (Å²) in [6, 6.07) is 3.23. The Morgan fingerprint density at radius 1 is 1.18 bits per heavy atom. The number of alkyl halides is 3. The van der Waals surface area contributed by atoms with E-state index in [1.54, 1.807) is 0 Å². The highest BCUT2D eigenvalue weighted by Gasteiger charge is 2.43. The molecule has 2 heterocycles. The Labute approximate surface area is 129 Å². The lowest BCUT2D eigenvalue weighted by Gasteiger charge is -2.44. The van der Waals surface area contributed by atoms with E-state index in [0.717, 1.165) is 31.4 Å². The average Bonchev–Trinajstić information content (AvgIpc) is 2.39. The van der Waals surface area contributed by atoms with Crippen molar-refractivity contribution in [2.45, 2.75) is 54.6 Å². The largest absolute Gasteiger partial charge is 0.573 e. The third-order valence-electron chi connectivity index (χ3n) is 4.26. The first-order valence-electron chi connectivity index (χ1n) is 7.19. The van der Waals surface area contributed by atoms with E-state index in [1.807, 2.05) is 11.8 Å². The molecular weight excluding hydrogens is 320 g/mol. The molecule has 122 valence electrons. The van der Waals surface area contributed by atoms with Gasteiger partial charge < -0.3 is 9.84 Å². The van der Waals surface area contributed by atoms with E-state index in [1.165, 1.54) is 6.07 Å². The van der Waals surface area contributed by atoms with Crippen LogP contribution in [0.1, 0.15) is 37.7 Å². The predicted molar refractivity (Wildman–Crippen MR) is 75.2 cm³/mol. The van der Waals surface area contributed by atoms with Crippen molar-refractivity contribution in [3.8, 4) is 5.75 Å². The molecule has 0 aromatic heterocycles. The number of hydrogen-bond donors (Lipinski definition) is 1. The van der Waals surface area contributed by atoms with E-state index in [-0.39, 0.29) is 0 Å². The van der Waals surface area contributed by atoms with Crippen molar-refractivity contribution in [2.24, 2.45) is 0 Å². The number of fused-ring (bicyclic) bond motifs is 2. The zero-order chi connectivity index (χ0) is 16.0. The molecule has 2 fully saturated rings. The summed E-state index contributed by atoms with van der Waals surface area (Å²) < 4.78 is 54.0. The van der Waals surface area contributed by atoms with E-state index < -0.39 is 23.5 Å². The molecule has 0 aliphatic carbocycles. The van der Waals surface area contributed by atoms with Crippen LogP contribution >= 0.6 is 11.8 Å². The fourth-order valence-electron chi connectivity index (χ4n) is 3.35. The zero-order valence-electron chi connectivity index (χ0n) is 11.7. The SMILES string of the molecule is OC1(c2ccc(OC(F)(F)F)c(F)c2)CC2CCCC(C1)S2. The van der Waals surface area contributed by atoms with Crippen LogP contribution in [0, 0.1) is 5.82 Å². The minimum absolute atomic E-state index is 0.326. The number of ether oxygens (including phenoxy) is 1. The molecule has 2 atom stereocenters. The smallest absolute Gasteiger partial charge is 0.403 e. The molecule has 2 unspecified atom stereocenters. The Balaban J connectivity index is 1.84. The van der Waals surface area contributed by atoms with Gasteiger partial charge in [-0.15, -0.1) is 13.2 Å². The van der Waals surface area contributed by atoms with Crippen LogP contribution in [0.2, 0.25) is 0 Å². The van der Waals surface area contributed by atoms with Crippen LogP contribution in [0.25, 0.3) is 0 Å². The summed E-state index contributed by atoms with van der Waals surface area (Å²) in [6.45, 7) is 0.